The average Bonchev–Trinajstić information content (AvgIpc) is 2.50. The van der Waals surface area contributed by atoms with Gasteiger partial charge in [0.2, 0.25) is 0 Å². The zero-order valence-corrected chi connectivity index (χ0v) is 14.9. The van der Waals surface area contributed by atoms with Gasteiger partial charge in [-0.05, 0) is 24.1 Å². The number of thioether (sulfide) groups is 1. The molecule has 0 atom stereocenters. The number of benzene rings is 1. The van der Waals surface area contributed by atoms with Crippen LogP contribution in [-0.4, -0.2) is 23.6 Å². The molecule has 1 nitrogen and oxygen atoms in total. The first-order chi connectivity index (χ1) is 8.52. The van der Waals surface area contributed by atoms with Crippen molar-refractivity contribution in [3.63, 3.8) is 0 Å². The fourth-order valence-corrected chi connectivity index (χ4v) is 4.59. The Balaban J connectivity index is 2.14. The van der Waals surface area contributed by atoms with Crippen molar-refractivity contribution in [1.29, 1.82) is 0 Å². The predicted molar refractivity (Wildman–Crippen MR) is 90.1 cm³/mol. The third-order valence-corrected chi connectivity index (χ3v) is 6.10. The fourth-order valence-electron chi connectivity index (χ4n) is 2.12. The second-order valence-corrected chi connectivity index (χ2v) is 8.47. The van der Waals surface area contributed by atoms with Crippen molar-refractivity contribution >= 4 is 49.3 Å². The van der Waals surface area contributed by atoms with Gasteiger partial charge in [0.15, 0.2) is 0 Å². The van der Waals surface area contributed by atoms with E-state index in [4.69, 9.17) is 0 Å². The summed E-state index contributed by atoms with van der Waals surface area (Å²) in [6.45, 7) is 7.00. The number of halogens is 2. The van der Waals surface area contributed by atoms with Gasteiger partial charge in [-0.2, -0.15) is 11.8 Å². The molecule has 1 aliphatic rings. The molecule has 0 aliphatic carbocycles. The van der Waals surface area contributed by atoms with Crippen LogP contribution in [0.2, 0.25) is 0 Å². The summed E-state index contributed by atoms with van der Waals surface area (Å²) in [7, 11) is 0. The molecular formula is C14H19Br2NS. The van der Waals surface area contributed by atoms with Crippen LogP contribution in [0.5, 0.6) is 0 Å². The monoisotopic (exact) mass is 391 g/mol. The Morgan fingerprint density at radius 3 is 2.78 bits per heavy atom. The lowest BCUT2D eigenvalue weighted by Crippen LogP contribution is -2.26. The van der Waals surface area contributed by atoms with Crippen molar-refractivity contribution in [2.75, 3.05) is 23.7 Å². The summed E-state index contributed by atoms with van der Waals surface area (Å²) in [5.74, 6) is 1.21. The van der Waals surface area contributed by atoms with Crippen molar-refractivity contribution in [3.8, 4) is 0 Å². The van der Waals surface area contributed by atoms with Crippen LogP contribution in [0.25, 0.3) is 0 Å². The Morgan fingerprint density at radius 2 is 2.11 bits per heavy atom. The van der Waals surface area contributed by atoms with Crippen LogP contribution in [0, 0.1) is 0 Å². The number of alkyl halides is 1. The summed E-state index contributed by atoms with van der Waals surface area (Å²) in [4.78, 5) is 2.50. The Kier molecular flexibility index (Phi) is 5.06. The smallest absolute Gasteiger partial charge is 0.0378 e. The summed E-state index contributed by atoms with van der Waals surface area (Å²) in [5, 5.41) is 0.900. The number of hydrogen-bond acceptors (Lipinski definition) is 2. The number of rotatable bonds is 2. The van der Waals surface area contributed by atoms with Crippen LogP contribution in [0.4, 0.5) is 5.69 Å². The van der Waals surface area contributed by atoms with Gasteiger partial charge in [0.25, 0.3) is 0 Å². The topological polar surface area (TPSA) is 3.24 Å². The highest BCUT2D eigenvalue weighted by atomic mass is 79.9. The number of nitrogens with zero attached hydrogens (tertiary/aromatic N) is 1. The quantitative estimate of drug-likeness (QED) is 0.646. The molecular weight excluding hydrogens is 374 g/mol. The van der Waals surface area contributed by atoms with E-state index in [1.807, 2.05) is 0 Å². The largest absolute Gasteiger partial charge is 0.371 e. The first-order valence-electron chi connectivity index (χ1n) is 6.25. The summed E-state index contributed by atoms with van der Waals surface area (Å²) in [6.07, 6.45) is 1.25. The Morgan fingerprint density at radius 1 is 1.33 bits per heavy atom. The highest BCUT2D eigenvalue weighted by Crippen LogP contribution is 2.33. The lowest BCUT2D eigenvalue weighted by Gasteiger charge is -2.24. The molecule has 0 spiro atoms. The van der Waals surface area contributed by atoms with E-state index in [1.165, 1.54) is 27.9 Å². The van der Waals surface area contributed by atoms with Crippen LogP contribution < -0.4 is 4.90 Å². The van der Waals surface area contributed by atoms with Crippen molar-refractivity contribution in [1.82, 2.24) is 0 Å². The van der Waals surface area contributed by atoms with Gasteiger partial charge in [-0.3, -0.25) is 0 Å². The van der Waals surface area contributed by atoms with E-state index in [1.54, 1.807) is 0 Å². The molecule has 0 unspecified atom stereocenters. The zero-order chi connectivity index (χ0) is 13.2. The molecule has 1 saturated heterocycles. The molecule has 1 aromatic rings. The van der Waals surface area contributed by atoms with Crippen LogP contribution in [0.15, 0.2) is 22.7 Å². The fraction of sp³-hybridized carbons (Fsp3) is 0.571. The standard InChI is InChI=1S/C14H19Br2NS/c1-14(2)5-6-17(7-8-18-14)12-4-3-11(10-15)13(16)9-12/h3-4,9H,5-8,10H2,1-2H3. The van der Waals surface area contributed by atoms with Crippen molar-refractivity contribution in [2.45, 2.75) is 30.3 Å². The summed E-state index contributed by atoms with van der Waals surface area (Å²) < 4.78 is 1.62. The predicted octanol–water partition coefficient (Wildman–Crippen LogP) is 5.07. The maximum atomic E-state index is 3.65. The minimum Gasteiger partial charge on any atom is -0.371 e. The van der Waals surface area contributed by atoms with Crippen molar-refractivity contribution < 1.29 is 0 Å². The molecule has 0 amide bonds. The summed E-state index contributed by atoms with van der Waals surface area (Å²) in [6, 6.07) is 6.70. The van der Waals surface area contributed by atoms with Gasteiger partial charge in [-0.1, -0.05) is 51.8 Å². The normalized spacial score (nSPS) is 19.7. The highest BCUT2D eigenvalue weighted by molar-refractivity contribution is 9.10. The third kappa shape index (κ3) is 3.67. The molecule has 0 aromatic heterocycles. The van der Waals surface area contributed by atoms with Crippen LogP contribution in [0.1, 0.15) is 25.8 Å². The van der Waals surface area contributed by atoms with E-state index >= 15 is 0 Å². The van der Waals surface area contributed by atoms with E-state index in [-0.39, 0.29) is 0 Å². The minimum atomic E-state index is 0.418. The van der Waals surface area contributed by atoms with Gasteiger partial charge in [-0.25, -0.2) is 0 Å². The van der Waals surface area contributed by atoms with Crippen LogP contribution in [0.3, 0.4) is 0 Å². The van der Waals surface area contributed by atoms with Gasteiger partial charge >= 0.3 is 0 Å². The molecule has 0 saturated carbocycles. The zero-order valence-electron chi connectivity index (χ0n) is 10.9. The Hall–Kier alpha value is 0.330. The molecule has 2 rings (SSSR count). The van der Waals surface area contributed by atoms with Crippen molar-refractivity contribution in [2.24, 2.45) is 0 Å². The molecule has 18 heavy (non-hydrogen) atoms. The third-order valence-electron chi connectivity index (χ3n) is 3.38. The molecule has 1 aromatic carbocycles. The highest BCUT2D eigenvalue weighted by Gasteiger charge is 2.23. The van der Waals surface area contributed by atoms with E-state index in [2.05, 4.69) is 80.6 Å². The number of anilines is 1. The van der Waals surface area contributed by atoms with Crippen molar-refractivity contribution in [3.05, 3.63) is 28.2 Å². The van der Waals surface area contributed by atoms with Gasteiger partial charge in [0.1, 0.15) is 0 Å². The maximum Gasteiger partial charge on any atom is 0.0378 e. The summed E-state index contributed by atoms with van der Waals surface area (Å²) in [5.41, 5.74) is 2.65. The van der Waals surface area contributed by atoms with Gasteiger partial charge in [0, 0.05) is 39.1 Å². The summed E-state index contributed by atoms with van der Waals surface area (Å²) >= 11 is 9.25. The van der Waals surface area contributed by atoms with Gasteiger partial charge in [-0.15, -0.1) is 0 Å². The average molecular weight is 393 g/mol. The number of hydrogen-bond donors (Lipinski definition) is 0. The van der Waals surface area contributed by atoms with E-state index in [9.17, 15) is 0 Å². The van der Waals surface area contributed by atoms with E-state index in [0.717, 1.165) is 18.4 Å². The van der Waals surface area contributed by atoms with Gasteiger partial charge < -0.3 is 4.90 Å². The molecule has 0 N–H and O–H groups in total. The minimum absolute atomic E-state index is 0.418. The lowest BCUT2D eigenvalue weighted by atomic mass is 10.1. The SMILES string of the molecule is CC1(C)CCN(c2ccc(CBr)c(Br)c2)CCS1. The molecule has 100 valence electrons. The van der Waals surface area contributed by atoms with Crippen LogP contribution >= 0.6 is 43.6 Å². The van der Waals surface area contributed by atoms with E-state index in [0.29, 0.717) is 4.75 Å². The molecule has 0 radical (unpaired) electrons. The molecule has 1 fully saturated rings. The van der Waals surface area contributed by atoms with Gasteiger partial charge in [0.05, 0.1) is 0 Å². The second kappa shape index (κ2) is 6.19. The molecule has 1 heterocycles. The van der Waals surface area contributed by atoms with E-state index < -0.39 is 0 Å². The maximum absolute atomic E-state index is 3.65. The first-order valence-corrected chi connectivity index (χ1v) is 9.15. The first kappa shape index (κ1) is 14.7. The molecule has 0 bridgehead atoms. The second-order valence-electron chi connectivity index (χ2n) is 5.25. The Bertz CT molecular complexity index is 420. The molecule has 1 aliphatic heterocycles. The van der Waals surface area contributed by atoms with Crippen LogP contribution in [-0.2, 0) is 5.33 Å². The lowest BCUT2D eigenvalue weighted by molar-refractivity contribution is 0.637. The Labute approximate surface area is 131 Å². The molecule has 4 heteroatoms.